The number of aromatic amines is 1. The van der Waals surface area contributed by atoms with Crippen molar-refractivity contribution in [2.45, 2.75) is 70.4 Å². The van der Waals surface area contributed by atoms with Gasteiger partial charge in [0.2, 0.25) is 11.8 Å². The van der Waals surface area contributed by atoms with Crippen LogP contribution in [0.5, 0.6) is 6.01 Å². The van der Waals surface area contributed by atoms with Gasteiger partial charge in [-0.25, -0.2) is 4.72 Å². The number of amides is 2. The molecule has 1 saturated heterocycles. The maximum absolute atomic E-state index is 13.9. The number of para-hydroxylation sites is 2. The lowest BCUT2D eigenvalue weighted by Crippen LogP contribution is -2.47. The van der Waals surface area contributed by atoms with Gasteiger partial charge in [0.1, 0.15) is 6.10 Å². The molecule has 2 aliphatic heterocycles. The molecule has 5 rings (SSSR count). The summed E-state index contributed by atoms with van der Waals surface area (Å²) >= 11 is 0. The number of ether oxygens (including phenoxy) is 1. The lowest BCUT2D eigenvalue weighted by atomic mass is 9.91. The summed E-state index contributed by atoms with van der Waals surface area (Å²) in [5.74, 6) is -1.55. The van der Waals surface area contributed by atoms with E-state index in [-0.39, 0.29) is 42.9 Å². The third-order valence-corrected chi connectivity index (χ3v) is 10.0. The first-order valence-electron chi connectivity index (χ1n) is 14.4. The minimum absolute atomic E-state index is 0.104. The van der Waals surface area contributed by atoms with E-state index in [0.717, 1.165) is 47.4 Å². The summed E-state index contributed by atoms with van der Waals surface area (Å²) in [4.78, 5) is 50.2. The topological polar surface area (TPSA) is 142 Å². The van der Waals surface area contributed by atoms with Gasteiger partial charge in [-0.05, 0) is 43.7 Å². The molecule has 3 heterocycles. The number of carbonyl (C=O) groups is 3. The van der Waals surface area contributed by atoms with Crippen molar-refractivity contribution >= 4 is 38.8 Å². The van der Waals surface area contributed by atoms with Gasteiger partial charge in [-0.15, -0.1) is 0 Å². The third-order valence-electron chi connectivity index (χ3n) is 8.64. The Morgan fingerprint density at radius 2 is 1.98 bits per heavy atom. The van der Waals surface area contributed by atoms with E-state index in [9.17, 15) is 22.8 Å². The molecule has 2 N–H and O–H groups in total. The van der Waals surface area contributed by atoms with Gasteiger partial charge in [-0.1, -0.05) is 44.1 Å². The molecule has 5 atom stereocenters. The number of aromatic nitrogens is 2. The molecule has 1 aromatic carbocycles. The zero-order valence-electron chi connectivity index (χ0n) is 23.8. The van der Waals surface area contributed by atoms with Crippen LogP contribution in [0.25, 0.3) is 11.0 Å². The molecular weight excluding hydrogens is 546 g/mol. The predicted molar refractivity (Wildman–Crippen MR) is 153 cm³/mol. The third kappa shape index (κ3) is 6.18. The van der Waals surface area contributed by atoms with Crippen molar-refractivity contribution in [3.05, 3.63) is 36.4 Å². The van der Waals surface area contributed by atoms with Gasteiger partial charge in [0, 0.05) is 32.9 Å². The maximum atomic E-state index is 13.9. The second kappa shape index (κ2) is 11.6. The number of carbonyl (C=O) groups excluding carboxylic acids is 3. The van der Waals surface area contributed by atoms with Crippen LogP contribution in [0.4, 0.5) is 0 Å². The van der Waals surface area contributed by atoms with Gasteiger partial charge >= 0.3 is 10.2 Å². The van der Waals surface area contributed by atoms with Gasteiger partial charge < -0.3 is 14.6 Å². The first kappa shape index (κ1) is 29.2. The smallest absolute Gasteiger partial charge is 0.303 e. The van der Waals surface area contributed by atoms with Crippen LogP contribution >= 0.6 is 0 Å². The van der Waals surface area contributed by atoms with Crippen molar-refractivity contribution in [1.29, 1.82) is 0 Å². The second-order valence-corrected chi connectivity index (χ2v) is 13.7. The number of benzene rings is 1. The number of fused-ring (bicyclic) bond motifs is 3. The SMILES string of the molecule is C[C@H]1CCCCC/C=C\[C@@H]2C[C@@]2(C(=O)NS(=O)(=O)N(C)C)CC(=O)[C@@H]2C[C@@H](Oc3nc4ccccc4[nH]3)CN2C1=O. The number of ketones is 1. The number of Topliss-reactive ketones (excluding diaryl/α,β-unsaturated/α-hetero) is 1. The highest BCUT2D eigenvalue weighted by Gasteiger charge is 2.61. The molecule has 11 nitrogen and oxygen atoms in total. The fourth-order valence-electron chi connectivity index (χ4n) is 6.00. The highest BCUT2D eigenvalue weighted by Crippen LogP contribution is 2.57. The first-order chi connectivity index (χ1) is 19.5. The molecule has 0 spiro atoms. The summed E-state index contributed by atoms with van der Waals surface area (Å²) < 4.78 is 34.2. The van der Waals surface area contributed by atoms with Crippen LogP contribution in [0, 0.1) is 17.3 Å². The molecule has 1 aliphatic carbocycles. The lowest BCUT2D eigenvalue weighted by Gasteiger charge is -2.27. The predicted octanol–water partition coefficient (Wildman–Crippen LogP) is 2.96. The molecule has 0 bridgehead atoms. The fraction of sp³-hybridized carbons (Fsp3) is 0.586. The molecule has 0 unspecified atom stereocenters. The van der Waals surface area contributed by atoms with E-state index in [0.29, 0.717) is 12.4 Å². The highest BCUT2D eigenvalue weighted by molar-refractivity contribution is 7.87. The number of imidazole rings is 1. The Hall–Kier alpha value is -3.25. The molecule has 2 aromatic rings. The summed E-state index contributed by atoms with van der Waals surface area (Å²) in [6, 6.07) is 7.09. The van der Waals surface area contributed by atoms with Crippen molar-refractivity contribution in [3.8, 4) is 6.01 Å². The lowest BCUT2D eigenvalue weighted by molar-refractivity contribution is -0.141. The van der Waals surface area contributed by atoms with E-state index in [1.165, 1.54) is 14.1 Å². The first-order valence-corrected chi connectivity index (χ1v) is 15.8. The number of allylic oxidation sites excluding steroid dienone is 2. The number of hydrogen-bond donors (Lipinski definition) is 2. The van der Waals surface area contributed by atoms with Gasteiger partial charge in [0.15, 0.2) is 5.78 Å². The molecule has 0 radical (unpaired) electrons. The Labute approximate surface area is 240 Å². The highest BCUT2D eigenvalue weighted by atomic mass is 32.2. The van der Waals surface area contributed by atoms with Gasteiger partial charge in [0.05, 0.1) is 29.0 Å². The van der Waals surface area contributed by atoms with Crippen LogP contribution in [0.2, 0.25) is 0 Å². The van der Waals surface area contributed by atoms with Crippen molar-refractivity contribution in [2.24, 2.45) is 17.3 Å². The summed E-state index contributed by atoms with van der Waals surface area (Å²) in [6.45, 7) is 2.13. The molecule has 2 amide bonds. The van der Waals surface area contributed by atoms with E-state index in [4.69, 9.17) is 4.74 Å². The van der Waals surface area contributed by atoms with Crippen molar-refractivity contribution in [1.82, 2.24) is 23.9 Å². The molecule has 222 valence electrons. The fourth-order valence-corrected chi connectivity index (χ4v) is 6.62. The van der Waals surface area contributed by atoms with E-state index in [1.807, 2.05) is 43.3 Å². The Kier molecular flexibility index (Phi) is 8.24. The van der Waals surface area contributed by atoms with Gasteiger partial charge in [-0.2, -0.15) is 17.7 Å². The molecular formula is C29H39N5O6S. The Morgan fingerprint density at radius 1 is 1.20 bits per heavy atom. The Bertz CT molecular complexity index is 1420. The summed E-state index contributed by atoms with van der Waals surface area (Å²) in [6.07, 6.45) is 8.39. The zero-order chi connectivity index (χ0) is 29.4. The summed E-state index contributed by atoms with van der Waals surface area (Å²) in [7, 11) is -1.35. The number of nitrogens with one attached hydrogen (secondary N) is 2. The average Bonchev–Trinajstić information content (AvgIpc) is 3.24. The minimum Gasteiger partial charge on any atom is -0.459 e. The molecule has 1 saturated carbocycles. The molecule has 41 heavy (non-hydrogen) atoms. The van der Waals surface area contributed by atoms with Crippen LogP contribution in [0.1, 0.15) is 58.3 Å². The van der Waals surface area contributed by atoms with Crippen LogP contribution < -0.4 is 9.46 Å². The molecule has 12 heteroatoms. The van der Waals surface area contributed by atoms with Crippen LogP contribution in [-0.2, 0) is 24.6 Å². The van der Waals surface area contributed by atoms with Gasteiger partial charge in [0.25, 0.3) is 6.01 Å². The Morgan fingerprint density at radius 3 is 2.73 bits per heavy atom. The van der Waals surface area contributed by atoms with Crippen molar-refractivity contribution in [3.63, 3.8) is 0 Å². The second-order valence-electron chi connectivity index (χ2n) is 11.8. The minimum atomic E-state index is -4.03. The maximum Gasteiger partial charge on any atom is 0.303 e. The standard InChI is InChI=1S/C29H39N5O6S/c1-19-11-7-5-4-6-8-12-20-16-29(20,27(37)32-41(38,39)33(2)3)17-25(35)24-15-21(18-34(24)26(19)36)40-28-30-22-13-9-10-14-23(22)31-28/h8-10,12-14,19-21,24H,4-7,11,15-18H2,1-3H3,(H,30,31)(H,32,37)/b12-8-/t19-,20+,21+,24-,29+/m0/s1. The number of rotatable bonds is 5. The van der Waals surface area contributed by atoms with Crippen LogP contribution in [-0.4, -0.2) is 78.0 Å². The molecule has 2 fully saturated rings. The summed E-state index contributed by atoms with van der Waals surface area (Å²) in [5, 5.41) is 0. The number of H-pyrrole nitrogens is 1. The molecule has 1 aromatic heterocycles. The Balaban J connectivity index is 1.40. The van der Waals surface area contributed by atoms with Crippen LogP contribution in [0.15, 0.2) is 36.4 Å². The average molecular weight is 586 g/mol. The number of nitrogens with zero attached hydrogens (tertiary/aromatic N) is 3. The summed E-state index contributed by atoms with van der Waals surface area (Å²) in [5.41, 5.74) is 0.406. The number of hydrogen-bond acceptors (Lipinski definition) is 7. The van der Waals surface area contributed by atoms with E-state index >= 15 is 0 Å². The normalized spacial score (nSPS) is 30.3. The largest absolute Gasteiger partial charge is 0.459 e. The van der Waals surface area contributed by atoms with Crippen molar-refractivity contribution < 1.29 is 27.5 Å². The van der Waals surface area contributed by atoms with Crippen LogP contribution in [0.3, 0.4) is 0 Å². The van der Waals surface area contributed by atoms with Gasteiger partial charge in [-0.3, -0.25) is 14.4 Å². The van der Waals surface area contributed by atoms with E-state index in [1.54, 1.807) is 4.90 Å². The monoisotopic (exact) mass is 585 g/mol. The van der Waals surface area contributed by atoms with E-state index in [2.05, 4.69) is 14.7 Å². The quantitative estimate of drug-likeness (QED) is 0.514. The molecule has 3 aliphatic rings. The zero-order valence-corrected chi connectivity index (χ0v) is 24.7. The van der Waals surface area contributed by atoms with E-state index < -0.39 is 33.7 Å². The van der Waals surface area contributed by atoms with Crippen molar-refractivity contribution in [2.75, 3.05) is 20.6 Å².